The molecule has 1 saturated carbocycles. The maximum atomic E-state index is 12.8. The second-order valence-corrected chi connectivity index (χ2v) is 6.27. The first-order valence-electron chi connectivity index (χ1n) is 7.25. The smallest absolute Gasteiger partial charge is 0.263 e. The van der Waals surface area contributed by atoms with Crippen LogP contribution in [0.1, 0.15) is 45.9 Å². The highest BCUT2D eigenvalue weighted by Crippen LogP contribution is 2.19. The van der Waals surface area contributed by atoms with Crippen molar-refractivity contribution in [3.63, 3.8) is 0 Å². The lowest BCUT2D eigenvalue weighted by Crippen LogP contribution is -2.31. The van der Waals surface area contributed by atoms with Crippen molar-refractivity contribution in [2.24, 2.45) is 0 Å². The molecule has 0 spiro atoms. The normalized spacial score (nSPS) is 14.4. The predicted molar refractivity (Wildman–Crippen MR) is 84.2 cm³/mol. The summed E-state index contributed by atoms with van der Waals surface area (Å²) in [6.07, 6.45) is 6.04. The quantitative estimate of drug-likeness (QED) is 0.864. The maximum absolute atomic E-state index is 12.8. The second kappa shape index (κ2) is 6.71. The molecule has 1 aromatic carbocycles. The fourth-order valence-corrected chi connectivity index (χ4v) is 3.10. The van der Waals surface area contributed by atoms with Crippen LogP contribution in [0.2, 0.25) is 0 Å². The summed E-state index contributed by atoms with van der Waals surface area (Å²) in [4.78, 5) is 16.8. The summed E-state index contributed by atoms with van der Waals surface area (Å²) in [5.74, 6) is 5.46. The molecule has 2 aromatic rings. The van der Waals surface area contributed by atoms with Gasteiger partial charge in [-0.3, -0.25) is 4.79 Å². The molecule has 1 fully saturated rings. The van der Waals surface area contributed by atoms with Crippen LogP contribution in [0.4, 0.5) is 4.39 Å². The van der Waals surface area contributed by atoms with Gasteiger partial charge < -0.3 is 5.32 Å². The molecule has 3 rings (SSSR count). The molecule has 0 unspecified atom stereocenters. The molecule has 1 aromatic heterocycles. The molecule has 1 aliphatic rings. The first-order valence-corrected chi connectivity index (χ1v) is 8.06. The average molecular weight is 314 g/mol. The fourth-order valence-electron chi connectivity index (χ4n) is 2.42. The van der Waals surface area contributed by atoms with E-state index in [-0.39, 0.29) is 11.7 Å². The Labute approximate surface area is 132 Å². The van der Waals surface area contributed by atoms with E-state index in [0.29, 0.717) is 21.5 Å². The van der Waals surface area contributed by atoms with Crippen LogP contribution in [0, 0.1) is 17.7 Å². The Morgan fingerprint density at radius 1 is 1.23 bits per heavy atom. The van der Waals surface area contributed by atoms with Gasteiger partial charge >= 0.3 is 0 Å². The van der Waals surface area contributed by atoms with Crippen molar-refractivity contribution in [1.29, 1.82) is 0 Å². The number of thiazole rings is 1. The molecule has 3 nitrogen and oxygen atoms in total. The Hall–Kier alpha value is -2.19. The van der Waals surface area contributed by atoms with Crippen LogP contribution < -0.4 is 5.32 Å². The molecular formula is C17H15FN2OS. The third-order valence-electron chi connectivity index (χ3n) is 3.58. The Morgan fingerprint density at radius 3 is 2.68 bits per heavy atom. The molecule has 1 N–H and O–H groups in total. The number of hydrogen-bond acceptors (Lipinski definition) is 3. The molecule has 22 heavy (non-hydrogen) atoms. The largest absolute Gasteiger partial charge is 0.349 e. The highest BCUT2D eigenvalue weighted by atomic mass is 32.1. The first-order chi connectivity index (χ1) is 10.7. The zero-order valence-corrected chi connectivity index (χ0v) is 12.8. The number of benzene rings is 1. The van der Waals surface area contributed by atoms with E-state index in [4.69, 9.17) is 0 Å². The number of aromatic nitrogens is 1. The van der Waals surface area contributed by atoms with Gasteiger partial charge in [0.2, 0.25) is 0 Å². The number of hydrogen-bond donors (Lipinski definition) is 1. The molecule has 0 saturated heterocycles. The van der Waals surface area contributed by atoms with Gasteiger partial charge in [-0.1, -0.05) is 18.8 Å². The molecule has 0 bridgehead atoms. The minimum Gasteiger partial charge on any atom is -0.349 e. The summed E-state index contributed by atoms with van der Waals surface area (Å²) in [6.45, 7) is 0. The van der Waals surface area contributed by atoms with Gasteiger partial charge in [-0.25, -0.2) is 9.37 Å². The highest BCUT2D eigenvalue weighted by Gasteiger charge is 2.19. The fraction of sp³-hybridized carbons (Fsp3) is 0.294. The van der Waals surface area contributed by atoms with E-state index in [1.165, 1.54) is 36.3 Å². The van der Waals surface area contributed by atoms with E-state index in [1.54, 1.807) is 18.3 Å². The van der Waals surface area contributed by atoms with Crippen LogP contribution in [0.5, 0.6) is 0 Å². The summed E-state index contributed by atoms with van der Waals surface area (Å²) in [5, 5.41) is 3.61. The number of nitrogens with one attached hydrogen (secondary N) is 1. The van der Waals surface area contributed by atoms with Crippen LogP contribution in [-0.4, -0.2) is 16.9 Å². The third-order valence-corrected chi connectivity index (χ3v) is 4.49. The molecule has 0 radical (unpaired) electrons. The minimum atomic E-state index is -0.286. The van der Waals surface area contributed by atoms with Gasteiger partial charge in [0.25, 0.3) is 5.91 Å². The van der Waals surface area contributed by atoms with Gasteiger partial charge in [-0.2, -0.15) is 0 Å². The van der Waals surface area contributed by atoms with Crippen molar-refractivity contribution >= 4 is 17.2 Å². The molecule has 112 valence electrons. The van der Waals surface area contributed by atoms with Crippen molar-refractivity contribution in [1.82, 2.24) is 10.3 Å². The average Bonchev–Trinajstić information content (AvgIpc) is 3.18. The molecular weight excluding hydrogens is 299 g/mol. The van der Waals surface area contributed by atoms with Gasteiger partial charge in [0.1, 0.15) is 10.7 Å². The number of carbonyl (C=O) groups is 1. The van der Waals surface area contributed by atoms with Crippen LogP contribution in [0.25, 0.3) is 0 Å². The second-order valence-electron chi connectivity index (χ2n) is 5.24. The molecule has 0 aliphatic heterocycles. The van der Waals surface area contributed by atoms with Crippen molar-refractivity contribution in [3.05, 3.63) is 51.7 Å². The Bertz CT molecular complexity index is 721. The summed E-state index contributed by atoms with van der Waals surface area (Å²) in [7, 11) is 0. The molecule has 5 heteroatoms. The van der Waals surface area contributed by atoms with Crippen LogP contribution in [-0.2, 0) is 0 Å². The number of rotatable bonds is 2. The van der Waals surface area contributed by atoms with Crippen molar-refractivity contribution in [2.75, 3.05) is 0 Å². The van der Waals surface area contributed by atoms with Crippen LogP contribution in [0.15, 0.2) is 30.5 Å². The van der Waals surface area contributed by atoms with Gasteiger partial charge in [0.15, 0.2) is 5.01 Å². The van der Waals surface area contributed by atoms with Crippen molar-refractivity contribution < 1.29 is 9.18 Å². The molecule has 1 heterocycles. The summed E-state index contributed by atoms with van der Waals surface area (Å²) >= 11 is 1.28. The monoisotopic (exact) mass is 314 g/mol. The van der Waals surface area contributed by atoms with Gasteiger partial charge in [0.05, 0.1) is 6.20 Å². The Morgan fingerprint density at radius 2 is 1.95 bits per heavy atom. The van der Waals surface area contributed by atoms with Gasteiger partial charge in [-0.05, 0) is 43.0 Å². The van der Waals surface area contributed by atoms with E-state index in [0.717, 1.165) is 12.8 Å². The summed E-state index contributed by atoms with van der Waals surface area (Å²) in [5.41, 5.74) is 0.716. The Balaban J connectivity index is 1.66. The van der Waals surface area contributed by atoms with Gasteiger partial charge in [-0.15, -0.1) is 11.3 Å². The first kappa shape index (κ1) is 14.7. The standard InChI is InChI=1S/C17H15FN2OS/c18-13-8-5-12(6-9-13)7-10-16-19-11-15(22-16)17(21)20-14-3-1-2-4-14/h5-6,8-9,11,14H,1-4H2,(H,20,21). The lowest BCUT2D eigenvalue weighted by Gasteiger charge is -2.09. The number of amides is 1. The summed E-state index contributed by atoms with van der Waals surface area (Å²) in [6, 6.07) is 6.26. The molecule has 1 amide bonds. The van der Waals surface area contributed by atoms with Crippen molar-refractivity contribution in [3.8, 4) is 11.8 Å². The predicted octanol–water partition coefficient (Wildman–Crippen LogP) is 3.35. The van der Waals surface area contributed by atoms with E-state index < -0.39 is 0 Å². The van der Waals surface area contributed by atoms with E-state index in [1.807, 2.05) is 0 Å². The highest BCUT2D eigenvalue weighted by molar-refractivity contribution is 7.14. The zero-order chi connectivity index (χ0) is 15.4. The van der Waals surface area contributed by atoms with Crippen molar-refractivity contribution in [2.45, 2.75) is 31.7 Å². The van der Waals surface area contributed by atoms with Crippen LogP contribution >= 0.6 is 11.3 Å². The topological polar surface area (TPSA) is 42.0 Å². The van der Waals surface area contributed by atoms with Crippen LogP contribution in [0.3, 0.4) is 0 Å². The SMILES string of the molecule is O=C(NC1CCCC1)c1cnc(C#Cc2ccc(F)cc2)s1. The maximum Gasteiger partial charge on any atom is 0.263 e. The lowest BCUT2D eigenvalue weighted by atomic mass is 10.2. The third kappa shape index (κ3) is 3.71. The molecule has 0 atom stereocenters. The number of halogens is 1. The van der Waals surface area contributed by atoms with E-state index in [9.17, 15) is 9.18 Å². The summed E-state index contributed by atoms with van der Waals surface area (Å²) < 4.78 is 12.8. The van der Waals surface area contributed by atoms with E-state index in [2.05, 4.69) is 22.1 Å². The van der Waals surface area contributed by atoms with Gasteiger partial charge in [0, 0.05) is 11.6 Å². The Kier molecular flexibility index (Phi) is 4.50. The molecule has 1 aliphatic carbocycles. The number of carbonyl (C=O) groups excluding carboxylic acids is 1. The minimum absolute atomic E-state index is 0.0702. The lowest BCUT2D eigenvalue weighted by molar-refractivity contribution is 0.0942. The van der Waals surface area contributed by atoms with E-state index >= 15 is 0 Å². The zero-order valence-electron chi connectivity index (χ0n) is 11.9. The number of nitrogens with zero attached hydrogens (tertiary/aromatic N) is 1.